The molecular weight excluding hydrogens is 340 g/mol. The van der Waals surface area contributed by atoms with Gasteiger partial charge in [0.25, 0.3) is 11.6 Å². The maximum atomic E-state index is 11.3. The number of nitrogens with zero attached hydrogens (tertiary/aromatic N) is 2. The van der Waals surface area contributed by atoms with Crippen LogP contribution in [0.4, 0.5) is 0 Å². The van der Waals surface area contributed by atoms with E-state index in [1.165, 1.54) is 17.2 Å². The van der Waals surface area contributed by atoms with E-state index in [1.54, 1.807) is 6.20 Å². The second kappa shape index (κ2) is 7.66. The first-order valence-electron chi connectivity index (χ1n) is 9.27. The Morgan fingerprint density at radius 3 is 2.48 bits per heavy atom. The standard InChI is InChI=1S/C22H22N2O3/c1-2-3-16-4-6-17(7-5-16)18-8-10-19(11-9-18)26-15-20-14-24-13-12-21(25)23-22(24)27-20/h4-13,20H,2-3,14-15H2,1H3. The molecule has 0 N–H and O–H groups in total. The Labute approximate surface area is 158 Å². The third-order valence-electron chi connectivity index (χ3n) is 4.64. The summed E-state index contributed by atoms with van der Waals surface area (Å²) < 4.78 is 13.3. The third-order valence-corrected chi connectivity index (χ3v) is 4.64. The van der Waals surface area contributed by atoms with Gasteiger partial charge >= 0.3 is 0 Å². The van der Waals surface area contributed by atoms with Crippen LogP contribution in [0.3, 0.4) is 0 Å². The molecule has 2 heterocycles. The van der Waals surface area contributed by atoms with Crippen molar-refractivity contribution < 1.29 is 9.47 Å². The van der Waals surface area contributed by atoms with Crippen molar-refractivity contribution in [2.45, 2.75) is 32.4 Å². The molecule has 4 rings (SSSR count). The highest BCUT2D eigenvalue weighted by Gasteiger charge is 2.23. The Balaban J connectivity index is 1.35. The van der Waals surface area contributed by atoms with E-state index in [-0.39, 0.29) is 11.7 Å². The van der Waals surface area contributed by atoms with Gasteiger partial charge in [0.2, 0.25) is 0 Å². The summed E-state index contributed by atoms with van der Waals surface area (Å²) in [6, 6.07) is 18.6. The molecule has 1 unspecified atom stereocenters. The summed E-state index contributed by atoms with van der Waals surface area (Å²) in [7, 11) is 0. The fourth-order valence-corrected chi connectivity index (χ4v) is 3.22. The molecule has 0 amide bonds. The monoisotopic (exact) mass is 362 g/mol. The van der Waals surface area contributed by atoms with Crippen LogP contribution >= 0.6 is 0 Å². The van der Waals surface area contributed by atoms with Crippen LogP contribution < -0.4 is 15.0 Å². The highest BCUT2D eigenvalue weighted by molar-refractivity contribution is 5.64. The van der Waals surface area contributed by atoms with Gasteiger partial charge in [-0.15, -0.1) is 0 Å². The summed E-state index contributed by atoms with van der Waals surface area (Å²) in [5.74, 6) is 0.795. The SMILES string of the molecule is CCCc1ccc(-c2ccc(OCC3Cn4ccc(=O)nc4O3)cc2)cc1. The smallest absolute Gasteiger partial charge is 0.300 e. The minimum absolute atomic E-state index is 0.148. The average Bonchev–Trinajstić information content (AvgIpc) is 3.10. The van der Waals surface area contributed by atoms with Gasteiger partial charge in [-0.2, -0.15) is 4.98 Å². The van der Waals surface area contributed by atoms with E-state index >= 15 is 0 Å². The van der Waals surface area contributed by atoms with E-state index in [1.807, 2.05) is 16.7 Å². The lowest BCUT2D eigenvalue weighted by molar-refractivity contribution is 0.143. The molecule has 5 heteroatoms. The number of ether oxygens (including phenoxy) is 2. The Kier molecular flexibility index (Phi) is 4.92. The van der Waals surface area contributed by atoms with Gasteiger partial charge in [-0.25, -0.2) is 0 Å². The Hall–Kier alpha value is -3.08. The molecule has 0 bridgehead atoms. The van der Waals surface area contributed by atoms with Crippen LogP contribution in [0.15, 0.2) is 65.6 Å². The molecule has 1 aliphatic rings. The van der Waals surface area contributed by atoms with Gasteiger partial charge in [-0.05, 0) is 35.2 Å². The van der Waals surface area contributed by atoms with Gasteiger partial charge in [0.15, 0.2) is 6.10 Å². The molecule has 0 fully saturated rings. The molecule has 0 radical (unpaired) electrons. The summed E-state index contributed by atoms with van der Waals surface area (Å²) in [6.07, 6.45) is 3.83. The first-order chi connectivity index (χ1) is 13.2. The molecule has 3 aromatic rings. The van der Waals surface area contributed by atoms with Gasteiger partial charge in [-0.1, -0.05) is 49.7 Å². The summed E-state index contributed by atoms with van der Waals surface area (Å²) in [4.78, 5) is 15.1. The lowest BCUT2D eigenvalue weighted by atomic mass is 10.0. The minimum atomic E-state index is -0.291. The van der Waals surface area contributed by atoms with Gasteiger partial charge < -0.3 is 9.47 Å². The van der Waals surface area contributed by atoms with E-state index in [2.05, 4.69) is 48.3 Å². The van der Waals surface area contributed by atoms with Crippen LogP contribution in [0.1, 0.15) is 18.9 Å². The first-order valence-corrected chi connectivity index (χ1v) is 9.27. The van der Waals surface area contributed by atoms with Crippen molar-refractivity contribution in [1.82, 2.24) is 9.55 Å². The molecule has 0 saturated carbocycles. The maximum Gasteiger partial charge on any atom is 0.300 e. The molecule has 0 spiro atoms. The molecule has 27 heavy (non-hydrogen) atoms. The van der Waals surface area contributed by atoms with Crippen molar-refractivity contribution >= 4 is 0 Å². The van der Waals surface area contributed by atoms with E-state index < -0.39 is 0 Å². The minimum Gasteiger partial charge on any atom is -0.490 e. The van der Waals surface area contributed by atoms with Crippen LogP contribution in [0.2, 0.25) is 0 Å². The average molecular weight is 362 g/mol. The molecule has 1 atom stereocenters. The molecule has 0 saturated heterocycles. The van der Waals surface area contributed by atoms with E-state index in [0.717, 1.165) is 24.2 Å². The van der Waals surface area contributed by atoms with Crippen LogP contribution in [0, 0.1) is 0 Å². The van der Waals surface area contributed by atoms with Crippen molar-refractivity contribution in [1.29, 1.82) is 0 Å². The zero-order valence-electron chi connectivity index (χ0n) is 15.3. The van der Waals surface area contributed by atoms with Crippen LogP contribution in [0.25, 0.3) is 11.1 Å². The summed E-state index contributed by atoms with van der Waals surface area (Å²) >= 11 is 0. The fourth-order valence-electron chi connectivity index (χ4n) is 3.22. The number of benzene rings is 2. The Morgan fingerprint density at radius 1 is 1.07 bits per heavy atom. The van der Waals surface area contributed by atoms with Crippen molar-refractivity contribution in [2.75, 3.05) is 6.61 Å². The zero-order valence-corrected chi connectivity index (χ0v) is 15.3. The second-order valence-electron chi connectivity index (χ2n) is 6.72. The van der Waals surface area contributed by atoms with E-state index in [4.69, 9.17) is 9.47 Å². The van der Waals surface area contributed by atoms with Crippen LogP contribution in [0.5, 0.6) is 11.8 Å². The van der Waals surface area contributed by atoms with Crippen molar-refractivity contribution in [3.05, 3.63) is 76.7 Å². The van der Waals surface area contributed by atoms with Gasteiger partial charge in [-0.3, -0.25) is 9.36 Å². The molecule has 1 aliphatic heterocycles. The molecule has 2 aromatic carbocycles. The van der Waals surface area contributed by atoms with Crippen molar-refractivity contribution in [2.24, 2.45) is 0 Å². The van der Waals surface area contributed by atoms with Crippen molar-refractivity contribution in [3.63, 3.8) is 0 Å². The summed E-state index contributed by atoms with van der Waals surface area (Å²) in [5, 5.41) is 0. The number of aryl methyl sites for hydroxylation is 1. The van der Waals surface area contributed by atoms with Gasteiger partial charge in [0.05, 0.1) is 6.54 Å². The zero-order chi connectivity index (χ0) is 18.6. The highest BCUT2D eigenvalue weighted by Crippen LogP contribution is 2.24. The second-order valence-corrected chi connectivity index (χ2v) is 6.72. The predicted molar refractivity (Wildman–Crippen MR) is 104 cm³/mol. The van der Waals surface area contributed by atoms with Crippen LogP contribution in [-0.2, 0) is 13.0 Å². The van der Waals surface area contributed by atoms with E-state index in [9.17, 15) is 4.79 Å². The number of fused-ring (bicyclic) bond motifs is 1. The topological polar surface area (TPSA) is 53.4 Å². The summed E-state index contributed by atoms with van der Waals surface area (Å²) in [6.45, 7) is 3.23. The number of aromatic nitrogens is 2. The van der Waals surface area contributed by atoms with E-state index in [0.29, 0.717) is 19.2 Å². The Bertz CT molecular complexity index is 962. The Morgan fingerprint density at radius 2 is 1.78 bits per heavy atom. The first kappa shape index (κ1) is 17.3. The number of hydrogen-bond acceptors (Lipinski definition) is 4. The lowest BCUT2D eigenvalue weighted by Crippen LogP contribution is -2.23. The number of rotatable bonds is 6. The van der Waals surface area contributed by atoms with Crippen LogP contribution in [-0.4, -0.2) is 22.3 Å². The predicted octanol–water partition coefficient (Wildman–Crippen LogP) is 3.70. The molecular formula is C22H22N2O3. The largest absolute Gasteiger partial charge is 0.490 e. The number of hydrogen-bond donors (Lipinski definition) is 0. The van der Waals surface area contributed by atoms with Gasteiger partial charge in [0, 0.05) is 12.3 Å². The molecule has 5 nitrogen and oxygen atoms in total. The summed E-state index contributed by atoms with van der Waals surface area (Å²) in [5.41, 5.74) is 3.45. The molecule has 138 valence electrons. The quantitative estimate of drug-likeness (QED) is 0.671. The lowest BCUT2D eigenvalue weighted by Gasteiger charge is -2.11. The molecule has 1 aromatic heterocycles. The third kappa shape index (κ3) is 4.03. The van der Waals surface area contributed by atoms with Gasteiger partial charge in [0.1, 0.15) is 12.4 Å². The maximum absolute atomic E-state index is 11.3. The normalized spacial score (nSPS) is 15.2. The fraction of sp³-hybridized carbons (Fsp3) is 0.273. The highest BCUT2D eigenvalue weighted by atomic mass is 16.6. The van der Waals surface area contributed by atoms with Crippen molar-refractivity contribution in [3.8, 4) is 22.9 Å². The molecule has 0 aliphatic carbocycles.